The van der Waals surface area contributed by atoms with Crippen molar-refractivity contribution in [2.45, 2.75) is 58.3 Å². The molecule has 0 saturated heterocycles. The monoisotopic (exact) mass is 255 g/mol. The van der Waals surface area contributed by atoms with Crippen LogP contribution in [0.1, 0.15) is 58.7 Å². The van der Waals surface area contributed by atoms with Crippen LogP contribution in [-0.4, -0.2) is 4.98 Å². The van der Waals surface area contributed by atoms with Crippen LogP contribution in [0.2, 0.25) is 0 Å². The lowest BCUT2D eigenvalue weighted by Gasteiger charge is -2.29. The molecule has 0 bridgehead atoms. The van der Waals surface area contributed by atoms with Gasteiger partial charge in [-0.15, -0.1) is 0 Å². The Balaban J connectivity index is 2.32. The predicted octanol–water partition coefficient (Wildman–Crippen LogP) is 4.93. The zero-order valence-corrected chi connectivity index (χ0v) is 12.8. The van der Waals surface area contributed by atoms with E-state index in [2.05, 4.69) is 76.2 Å². The number of hydrogen-bond acceptors (Lipinski definition) is 1. The van der Waals surface area contributed by atoms with E-state index in [1.54, 1.807) is 0 Å². The predicted molar refractivity (Wildman–Crippen MR) is 82.4 cm³/mol. The number of pyridine rings is 1. The highest BCUT2D eigenvalue weighted by Crippen LogP contribution is 2.35. The topological polar surface area (TPSA) is 12.9 Å². The van der Waals surface area contributed by atoms with Crippen molar-refractivity contribution < 1.29 is 0 Å². The maximum Gasteiger partial charge on any atom is 0.0457 e. The Morgan fingerprint density at radius 2 is 2.00 bits per heavy atom. The maximum atomic E-state index is 4.67. The van der Waals surface area contributed by atoms with Crippen molar-refractivity contribution in [3.63, 3.8) is 0 Å². The fourth-order valence-corrected chi connectivity index (χ4v) is 2.57. The molecule has 1 aliphatic carbocycles. The van der Waals surface area contributed by atoms with E-state index in [1.807, 2.05) is 0 Å². The van der Waals surface area contributed by atoms with Crippen molar-refractivity contribution >= 4 is 0 Å². The molecule has 19 heavy (non-hydrogen) atoms. The highest BCUT2D eigenvalue weighted by molar-refractivity contribution is 5.38. The van der Waals surface area contributed by atoms with E-state index in [0.29, 0.717) is 0 Å². The van der Waals surface area contributed by atoms with E-state index in [4.69, 9.17) is 0 Å². The molecular formula is C18H25N. The summed E-state index contributed by atoms with van der Waals surface area (Å²) >= 11 is 0. The van der Waals surface area contributed by atoms with Gasteiger partial charge in [0.25, 0.3) is 0 Å². The largest absolute Gasteiger partial charge is 0.260 e. The van der Waals surface area contributed by atoms with Gasteiger partial charge >= 0.3 is 0 Å². The van der Waals surface area contributed by atoms with Crippen LogP contribution in [0.3, 0.4) is 0 Å². The van der Waals surface area contributed by atoms with Crippen LogP contribution in [0.15, 0.2) is 42.1 Å². The third-order valence-corrected chi connectivity index (χ3v) is 3.98. The van der Waals surface area contributed by atoms with E-state index in [0.717, 1.165) is 18.5 Å². The Kier molecular flexibility index (Phi) is 3.66. The Bertz CT molecular complexity index is 499. The molecule has 0 fully saturated rings. The average molecular weight is 255 g/mol. The number of allylic oxidation sites excluding steroid dienone is 4. The van der Waals surface area contributed by atoms with Gasteiger partial charge in [-0.3, -0.25) is 4.98 Å². The third kappa shape index (κ3) is 2.97. The molecular weight excluding hydrogens is 230 g/mol. The minimum atomic E-state index is 0.101. The molecule has 102 valence electrons. The van der Waals surface area contributed by atoms with Gasteiger partial charge in [0.05, 0.1) is 0 Å². The van der Waals surface area contributed by atoms with Crippen LogP contribution in [0, 0.1) is 0 Å². The smallest absolute Gasteiger partial charge is 0.0457 e. The molecule has 0 aromatic carbocycles. The molecule has 1 nitrogen and oxygen atoms in total. The van der Waals surface area contributed by atoms with Crippen molar-refractivity contribution in [2.75, 3.05) is 0 Å². The molecule has 0 spiro atoms. The number of aromatic nitrogens is 1. The molecule has 0 radical (unpaired) electrons. The summed E-state index contributed by atoms with van der Waals surface area (Å²) in [7, 11) is 0. The second-order valence-electron chi connectivity index (χ2n) is 6.78. The zero-order valence-electron chi connectivity index (χ0n) is 12.8. The molecule has 0 amide bonds. The standard InChI is InChI=1S/C18H25N/c1-6-14-8-7-11-18(5,12-14)15-9-10-16(19-13-15)17(2,3)4/h7-10,12-13H,6,11H2,1-5H3. The number of rotatable bonds is 2. The fraction of sp³-hybridized carbons (Fsp3) is 0.500. The van der Waals surface area contributed by atoms with Crippen molar-refractivity contribution in [3.05, 3.63) is 53.4 Å². The summed E-state index contributed by atoms with van der Waals surface area (Å²) in [6, 6.07) is 4.43. The van der Waals surface area contributed by atoms with Gasteiger partial charge in [-0.05, 0) is 24.5 Å². The molecule has 1 unspecified atom stereocenters. The Labute approximate surface area is 117 Å². The van der Waals surface area contributed by atoms with Gasteiger partial charge in [-0.25, -0.2) is 0 Å². The summed E-state index contributed by atoms with van der Waals surface area (Å²) in [5.74, 6) is 0. The van der Waals surface area contributed by atoms with Crippen LogP contribution in [0.25, 0.3) is 0 Å². The molecule has 1 aromatic heterocycles. The van der Waals surface area contributed by atoms with Gasteiger partial charge < -0.3 is 0 Å². The van der Waals surface area contributed by atoms with Crippen LogP contribution in [0.4, 0.5) is 0 Å². The summed E-state index contributed by atoms with van der Waals surface area (Å²) in [6.45, 7) is 11.1. The van der Waals surface area contributed by atoms with E-state index >= 15 is 0 Å². The van der Waals surface area contributed by atoms with E-state index in [1.165, 1.54) is 11.1 Å². The first-order chi connectivity index (χ1) is 8.85. The van der Waals surface area contributed by atoms with E-state index in [-0.39, 0.29) is 10.8 Å². The van der Waals surface area contributed by atoms with Gasteiger partial charge in [-0.2, -0.15) is 0 Å². The maximum absolute atomic E-state index is 4.67. The lowest BCUT2D eigenvalue weighted by atomic mass is 9.75. The first-order valence-corrected chi connectivity index (χ1v) is 7.20. The van der Waals surface area contributed by atoms with E-state index in [9.17, 15) is 0 Å². The van der Waals surface area contributed by atoms with Crippen LogP contribution >= 0.6 is 0 Å². The highest BCUT2D eigenvalue weighted by Gasteiger charge is 2.26. The van der Waals surface area contributed by atoms with Gasteiger partial charge in [0.2, 0.25) is 0 Å². The molecule has 2 rings (SSSR count). The van der Waals surface area contributed by atoms with Gasteiger partial charge in [-0.1, -0.05) is 64.5 Å². The second-order valence-corrected chi connectivity index (χ2v) is 6.78. The molecule has 1 heterocycles. The SMILES string of the molecule is CCC1=CC(C)(c2ccc(C(C)(C)C)nc2)CC=C1. The van der Waals surface area contributed by atoms with Gasteiger partial charge in [0.15, 0.2) is 0 Å². The Hall–Kier alpha value is -1.37. The van der Waals surface area contributed by atoms with E-state index < -0.39 is 0 Å². The van der Waals surface area contributed by atoms with Crippen LogP contribution in [-0.2, 0) is 10.8 Å². The zero-order chi connectivity index (χ0) is 14.1. The molecule has 0 N–H and O–H groups in total. The van der Waals surface area contributed by atoms with Crippen molar-refractivity contribution in [1.29, 1.82) is 0 Å². The normalized spacial score (nSPS) is 23.3. The highest BCUT2D eigenvalue weighted by atomic mass is 14.7. The molecule has 1 atom stereocenters. The van der Waals surface area contributed by atoms with Crippen molar-refractivity contribution in [2.24, 2.45) is 0 Å². The number of hydrogen-bond donors (Lipinski definition) is 0. The summed E-state index contributed by atoms with van der Waals surface area (Å²) in [5, 5.41) is 0. The van der Waals surface area contributed by atoms with Crippen molar-refractivity contribution in [1.82, 2.24) is 4.98 Å². The summed E-state index contributed by atoms with van der Waals surface area (Å²) in [6.07, 6.45) is 11.2. The lowest BCUT2D eigenvalue weighted by molar-refractivity contribution is 0.558. The van der Waals surface area contributed by atoms with Gasteiger partial charge in [0.1, 0.15) is 0 Å². The first-order valence-electron chi connectivity index (χ1n) is 7.20. The molecule has 1 heteroatoms. The minimum Gasteiger partial charge on any atom is -0.260 e. The van der Waals surface area contributed by atoms with Crippen LogP contribution < -0.4 is 0 Å². The first kappa shape index (κ1) is 14.0. The molecule has 1 aromatic rings. The summed E-state index contributed by atoms with van der Waals surface area (Å²) < 4.78 is 0. The minimum absolute atomic E-state index is 0.101. The van der Waals surface area contributed by atoms with Crippen LogP contribution in [0.5, 0.6) is 0 Å². The molecule has 1 aliphatic rings. The second kappa shape index (κ2) is 4.96. The Morgan fingerprint density at radius 1 is 1.26 bits per heavy atom. The molecule has 0 aliphatic heterocycles. The lowest BCUT2D eigenvalue weighted by Crippen LogP contribution is -2.22. The molecule has 0 saturated carbocycles. The third-order valence-electron chi connectivity index (χ3n) is 3.98. The van der Waals surface area contributed by atoms with Crippen molar-refractivity contribution in [3.8, 4) is 0 Å². The summed E-state index contributed by atoms with van der Waals surface area (Å²) in [4.78, 5) is 4.67. The summed E-state index contributed by atoms with van der Waals surface area (Å²) in [5.41, 5.74) is 4.12. The average Bonchev–Trinajstić information content (AvgIpc) is 2.38. The fourth-order valence-electron chi connectivity index (χ4n) is 2.57. The van der Waals surface area contributed by atoms with Gasteiger partial charge in [0, 0.05) is 22.7 Å². The Morgan fingerprint density at radius 3 is 2.53 bits per heavy atom. The number of nitrogens with zero attached hydrogens (tertiary/aromatic N) is 1. The quantitative estimate of drug-likeness (QED) is 0.730.